The molecule has 2 heterocycles. The number of pyridine rings is 1. The van der Waals surface area contributed by atoms with Crippen LogP contribution in [0, 0.1) is 6.92 Å². The van der Waals surface area contributed by atoms with E-state index in [0.717, 1.165) is 24.5 Å². The molecule has 0 saturated heterocycles. The van der Waals surface area contributed by atoms with E-state index >= 15 is 0 Å². The van der Waals surface area contributed by atoms with Gasteiger partial charge in [-0.2, -0.15) is 0 Å². The maximum atomic E-state index is 12.1. The van der Waals surface area contributed by atoms with Crippen LogP contribution < -0.4 is 15.6 Å². The van der Waals surface area contributed by atoms with Crippen molar-refractivity contribution in [1.29, 1.82) is 0 Å². The summed E-state index contributed by atoms with van der Waals surface area (Å²) in [6, 6.07) is 7.49. The summed E-state index contributed by atoms with van der Waals surface area (Å²) in [6.07, 6.45) is 1.03. The number of nitrogens with one attached hydrogen (secondary N) is 1. The first-order valence-corrected chi connectivity index (χ1v) is 6.96. The van der Waals surface area contributed by atoms with Gasteiger partial charge in [-0.05, 0) is 25.5 Å². The molecular formula is C15H20N4O2. The van der Waals surface area contributed by atoms with Crippen LogP contribution in [-0.4, -0.2) is 28.2 Å². The van der Waals surface area contributed by atoms with Crippen molar-refractivity contribution in [2.45, 2.75) is 26.8 Å². The summed E-state index contributed by atoms with van der Waals surface area (Å²) >= 11 is 0. The fraction of sp³-hybridized carbons (Fsp3) is 0.400. The van der Waals surface area contributed by atoms with Crippen molar-refractivity contribution in [3.63, 3.8) is 0 Å². The number of ether oxygens (including phenoxy) is 1. The maximum Gasteiger partial charge on any atom is 0.299 e. The summed E-state index contributed by atoms with van der Waals surface area (Å²) < 4.78 is 6.65. The lowest BCUT2D eigenvalue weighted by Crippen LogP contribution is -2.23. The van der Waals surface area contributed by atoms with Crippen molar-refractivity contribution in [3.05, 3.63) is 46.0 Å². The fourth-order valence-electron chi connectivity index (χ4n) is 1.98. The number of aromatic nitrogens is 3. The van der Waals surface area contributed by atoms with E-state index in [1.54, 1.807) is 6.92 Å². The largest absolute Gasteiger partial charge is 0.468 e. The monoisotopic (exact) mass is 288 g/mol. The summed E-state index contributed by atoms with van der Waals surface area (Å²) in [4.78, 5) is 20.8. The topological polar surface area (TPSA) is 69.0 Å². The predicted molar refractivity (Wildman–Crippen MR) is 81.9 cm³/mol. The molecule has 0 bridgehead atoms. The van der Waals surface area contributed by atoms with Crippen LogP contribution in [-0.2, 0) is 6.54 Å². The molecule has 0 aliphatic rings. The standard InChI is InChI=1S/C15H20N4O2/c1-4-8-16-13-7-5-6-12(18-13)10-19-14(20)9-11(2)17-15(19)21-3/h5-7,9H,4,8,10H2,1-3H3,(H,16,18). The highest BCUT2D eigenvalue weighted by Crippen LogP contribution is 2.10. The molecule has 21 heavy (non-hydrogen) atoms. The molecule has 2 aromatic rings. The van der Waals surface area contributed by atoms with Gasteiger partial charge in [-0.3, -0.25) is 9.36 Å². The van der Waals surface area contributed by atoms with E-state index in [9.17, 15) is 4.79 Å². The third kappa shape index (κ3) is 3.81. The maximum absolute atomic E-state index is 12.1. The Hall–Kier alpha value is -2.37. The Balaban J connectivity index is 2.28. The quantitative estimate of drug-likeness (QED) is 0.878. The molecule has 0 saturated carbocycles. The van der Waals surface area contributed by atoms with Crippen LogP contribution in [0.25, 0.3) is 0 Å². The number of aryl methyl sites for hydroxylation is 1. The lowest BCUT2D eigenvalue weighted by Gasteiger charge is -2.11. The van der Waals surface area contributed by atoms with Gasteiger partial charge in [0.2, 0.25) is 0 Å². The molecule has 0 aliphatic carbocycles. The molecule has 0 aliphatic heterocycles. The molecule has 0 spiro atoms. The molecule has 112 valence electrons. The Kier molecular flexibility index (Phi) is 4.92. The third-order valence-corrected chi connectivity index (χ3v) is 2.97. The Morgan fingerprint density at radius 3 is 2.86 bits per heavy atom. The smallest absolute Gasteiger partial charge is 0.299 e. The highest BCUT2D eigenvalue weighted by atomic mass is 16.5. The SMILES string of the molecule is CCCNc1cccc(Cn2c(OC)nc(C)cc2=O)n1. The highest BCUT2D eigenvalue weighted by molar-refractivity contribution is 5.35. The van der Waals surface area contributed by atoms with Crippen molar-refractivity contribution < 1.29 is 4.74 Å². The van der Waals surface area contributed by atoms with E-state index in [1.165, 1.54) is 17.7 Å². The van der Waals surface area contributed by atoms with Crippen LogP contribution in [0.15, 0.2) is 29.1 Å². The van der Waals surface area contributed by atoms with Crippen LogP contribution in [0.5, 0.6) is 6.01 Å². The zero-order valence-corrected chi connectivity index (χ0v) is 12.6. The average Bonchev–Trinajstić information content (AvgIpc) is 2.48. The molecular weight excluding hydrogens is 268 g/mol. The lowest BCUT2D eigenvalue weighted by atomic mass is 10.3. The van der Waals surface area contributed by atoms with E-state index in [0.29, 0.717) is 18.2 Å². The molecule has 6 heteroatoms. The van der Waals surface area contributed by atoms with Crippen LogP contribution in [0.1, 0.15) is 24.7 Å². The van der Waals surface area contributed by atoms with Gasteiger partial charge < -0.3 is 10.1 Å². The zero-order valence-electron chi connectivity index (χ0n) is 12.6. The second-order valence-electron chi connectivity index (χ2n) is 4.75. The second kappa shape index (κ2) is 6.88. The van der Waals surface area contributed by atoms with Crippen LogP contribution in [0.3, 0.4) is 0 Å². The molecule has 1 N–H and O–H groups in total. The minimum atomic E-state index is -0.145. The number of hydrogen-bond acceptors (Lipinski definition) is 5. The van der Waals surface area contributed by atoms with Crippen molar-refractivity contribution in [2.75, 3.05) is 19.0 Å². The predicted octanol–water partition coefficient (Wildman–Crippen LogP) is 1.83. The first kappa shape index (κ1) is 15.0. The molecule has 2 rings (SSSR count). The number of rotatable bonds is 6. The van der Waals surface area contributed by atoms with E-state index in [-0.39, 0.29) is 5.56 Å². The van der Waals surface area contributed by atoms with Crippen molar-refractivity contribution in [1.82, 2.24) is 14.5 Å². The molecule has 2 aromatic heterocycles. The Labute approximate surface area is 123 Å². The van der Waals surface area contributed by atoms with Crippen LogP contribution in [0.4, 0.5) is 5.82 Å². The van der Waals surface area contributed by atoms with Crippen molar-refractivity contribution in [3.8, 4) is 6.01 Å². The van der Waals surface area contributed by atoms with Gasteiger partial charge in [0, 0.05) is 18.3 Å². The van der Waals surface area contributed by atoms with Gasteiger partial charge in [-0.1, -0.05) is 13.0 Å². The van der Waals surface area contributed by atoms with Crippen LogP contribution in [0.2, 0.25) is 0 Å². The molecule has 0 aromatic carbocycles. The van der Waals surface area contributed by atoms with Crippen molar-refractivity contribution in [2.24, 2.45) is 0 Å². The van der Waals surface area contributed by atoms with Gasteiger partial charge in [0.1, 0.15) is 5.82 Å². The van der Waals surface area contributed by atoms with Gasteiger partial charge in [0.15, 0.2) is 0 Å². The normalized spacial score (nSPS) is 10.4. The third-order valence-electron chi connectivity index (χ3n) is 2.97. The molecule has 0 unspecified atom stereocenters. The first-order chi connectivity index (χ1) is 10.1. The van der Waals surface area contributed by atoms with E-state index in [4.69, 9.17) is 4.74 Å². The molecule has 0 atom stereocenters. The Morgan fingerprint density at radius 2 is 2.14 bits per heavy atom. The molecule has 0 radical (unpaired) electrons. The van der Waals surface area contributed by atoms with Gasteiger partial charge >= 0.3 is 0 Å². The van der Waals surface area contributed by atoms with Gasteiger partial charge in [-0.25, -0.2) is 9.97 Å². The Bertz CT molecular complexity index is 667. The summed E-state index contributed by atoms with van der Waals surface area (Å²) in [5, 5.41) is 3.23. The van der Waals surface area contributed by atoms with Crippen molar-refractivity contribution >= 4 is 5.82 Å². The van der Waals surface area contributed by atoms with Gasteiger partial charge in [-0.15, -0.1) is 0 Å². The second-order valence-corrected chi connectivity index (χ2v) is 4.75. The zero-order chi connectivity index (χ0) is 15.2. The summed E-state index contributed by atoms with van der Waals surface area (Å²) in [5.74, 6) is 0.807. The fourth-order valence-corrected chi connectivity index (χ4v) is 1.98. The van der Waals surface area contributed by atoms with Crippen LogP contribution >= 0.6 is 0 Å². The molecule has 0 amide bonds. The average molecular weight is 288 g/mol. The number of anilines is 1. The van der Waals surface area contributed by atoms with E-state index < -0.39 is 0 Å². The molecule has 6 nitrogen and oxygen atoms in total. The molecule has 0 fully saturated rings. The lowest BCUT2D eigenvalue weighted by molar-refractivity contribution is 0.349. The van der Waals surface area contributed by atoms with E-state index in [1.807, 2.05) is 18.2 Å². The highest BCUT2D eigenvalue weighted by Gasteiger charge is 2.09. The summed E-state index contributed by atoms with van der Waals surface area (Å²) in [5.41, 5.74) is 1.27. The number of nitrogens with zero attached hydrogens (tertiary/aromatic N) is 3. The summed E-state index contributed by atoms with van der Waals surface area (Å²) in [7, 11) is 1.50. The summed E-state index contributed by atoms with van der Waals surface area (Å²) in [6.45, 7) is 5.06. The minimum Gasteiger partial charge on any atom is -0.468 e. The number of hydrogen-bond donors (Lipinski definition) is 1. The van der Waals surface area contributed by atoms with E-state index in [2.05, 4.69) is 22.2 Å². The van der Waals surface area contributed by atoms with Gasteiger partial charge in [0.25, 0.3) is 11.6 Å². The Morgan fingerprint density at radius 1 is 1.33 bits per heavy atom. The minimum absolute atomic E-state index is 0.145. The number of methoxy groups -OCH3 is 1. The first-order valence-electron chi connectivity index (χ1n) is 6.96. The van der Waals surface area contributed by atoms with Gasteiger partial charge in [0.05, 0.1) is 19.3 Å².